The number of carbonyl (C=O) groups is 2. The number of hydrogen-bond acceptors (Lipinski definition) is 2. The molecule has 1 atom stereocenters. The lowest BCUT2D eigenvalue weighted by molar-refractivity contribution is -0.139. The van der Waals surface area contributed by atoms with E-state index >= 15 is 0 Å². The Morgan fingerprint density at radius 2 is 1.80 bits per heavy atom. The highest BCUT2D eigenvalue weighted by molar-refractivity contribution is 9.11. The Labute approximate surface area is 134 Å². The smallest absolute Gasteiger partial charge is 0.326 e. The van der Waals surface area contributed by atoms with Gasteiger partial charge in [0.25, 0.3) is 0 Å². The predicted octanol–water partition coefficient (Wildman–Crippen LogP) is 3.83. The lowest BCUT2D eigenvalue weighted by Gasteiger charge is -2.17. The molecule has 0 unspecified atom stereocenters. The second-order valence-electron chi connectivity index (χ2n) is 4.72. The number of hydrogen-bond donors (Lipinski definition) is 3. The lowest BCUT2D eigenvalue weighted by Crippen LogP contribution is -2.43. The summed E-state index contributed by atoms with van der Waals surface area (Å²) in [4.78, 5) is 23.0. The van der Waals surface area contributed by atoms with Gasteiger partial charge in [-0.2, -0.15) is 0 Å². The van der Waals surface area contributed by atoms with Crippen molar-refractivity contribution in [3.63, 3.8) is 0 Å². The molecule has 0 heterocycles. The minimum Gasteiger partial charge on any atom is -0.480 e. The number of anilines is 1. The third-order valence-corrected chi connectivity index (χ3v) is 3.83. The van der Waals surface area contributed by atoms with Crippen LogP contribution >= 0.6 is 31.9 Å². The van der Waals surface area contributed by atoms with E-state index in [0.717, 1.165) is 0 Å². The van der Waals surface area contributed by atoms with Gasteiger partial charge in [-0.3, -0.25) is 0 Å². The van der Waals surface area contributed by atoms with Crippen LogP contribution in [0.3, 0.4) is 0 Å². The molecule has 0 saturated carbocycles. The minimum absolute atomic E-state index is 0.173. The van der Waals surface area contributed by atoms with E-state index in [4.69, 9.17) is 5.11 Å². The standard InChI is InChI=1S/C13H16Br2N2O3/c1-7(2)6-10(12(18)19)16-13(20)17-11-8(14)4-3-5-9(11)15/h3-5,7,10H,6H2,1-2H3,(H,18,19)(H2,16,17,20)/t10-/m0/s1. The molecule has 3 N–H and O–H groups in total. The van der Waals surface area contributed by atoms with Crippen molar-refractivity contribution in [3.8, 4) is 0 Å². The minimum atomic E-state index is -1.04. The van der Waals surface area contributed by atoms with Crippen LogP contribution in [0.5, 0.6) is 0 Å². The van der Waals surface area contributed by atoms with Crippen LogP contribution < -0.4 is 10.6 Å². The van der Waals surface area contributed by atoms with E-state index in [9.17, 15) is 9.59 Å². The Balaban J connectivity index is 2.73. The van der Waals surface area contributed by atoms with Crippen LogP contribution in [0.25, 0.3) is 0 Å². The summed E-state index contributed by atoms with van der Waals surface area (Å²) in [7, 11) is 0. The number of urea groups is 1. The number of para-hydroxylation sites is 1. The van der Waals surface area contributed by atoms with Gasteiger partial charge in [0, 0.05) is 8.95 Å². The zero-order valence-corrected chi connectivity index (χ0v) is 14.3. The van der Waals surface area contributed by atoms with Crippen molar-refractivity contribution in [1.29, 1.82) is 0 Å². The lowest BCUT2D eigenvalue weighted by atomic mass is 10.0. The van der Waals surface area contributed by atoms with Crippen LogP contribution in [-0.4, -0.2) is 23.1 Å². The number of carboxylic acids is 1. The number of rotatable bonds is 5. The molecular formula is C13H16Br2N2O3. The largest absolute Gasteiger partial charge is 0.480 e. The molecule has 0 fully saturated rings. The number of benzene rings is 1. The zero-order valence-electron chi connectivity index (χ0n) is 11.1. The molecule has 1 aromatic carbocycles. The number of carboxylic acid groups (broad SMARTS) is 1. The number of aliphatic carboxylic acids is 1. The summed E-state index contributed by atoms with van der Waals surface area (Å²) >= 11 is 6.64. The molecule has 1 rings (SSSR count). The molecule has 0 aliphatic heterocycles. The molecule has 0 spiro atoms. The number of halogens is 2. The normalized spacial score (nSPS) is 12.1. The second kappa shape index (κ2) is 7.64. The van der Waals surface area contributed by atoms with E-state index in [1.807, 2.05) is 19.9 Å². The van der Waals surface area contributed by atoms with Gasteiger partial charge in [-0.15, -0.1) is 0 Å². The Kier molecular flexibility index (Phi) is 6.48. The summed E-state index contributed by atoms with van der Waals surface area (Å²) in [5.41, 5.74) is 0.554. The van der Waals surface area contributed by atoms with Crippen molar-refractivity contribution in [2.24, 2.45) is 5.92 Å². The Bertz CT molecular complexity index is 486. The molecular weight excluding hydrogens is 392 g/mol. The Morgan fingerprint density at radius 1 is 1.25 bits per heavy atom. The van der Waals surface area contributed by atoms with Crippen LogP contribution in [0.1, 0.15) is 20.3 Å². The average molecular weight is 408 g/mol. The number of nitrogens with one attached hydrogen (secondary N) is 2. The summed E-state index contributed by atoms with van der Waals surface area (Å²) in [5, 5.41) is 14.2. The van der Waals surface area contributed by atoms with Crippen LogP contribution in [0, 0.1) is 5.92 Å². The molecule has 1 aromatic rings. The van der Waals surface area contributed by atoms with Crippen LogP contribution in [0.2, 0.25) is 0 Å². The maximum Gasteiger partial charge on any atom is 0.326 e. The van der Waals surface area contributed by atoms with Gasteiger partial charge in [-0.25, -0.2) is 9.59 Å². The van der Waals surface area contributed by atoms with Gasteiger partial charge in [0.05, 0.1) is 5.69 Å². The topological polar surface area (TPSA) is 78.4 Å². The van der Waals surface area contributed by atoms with Crippen LogP contribution in [0.15, 0.2) is 27.1 Å². The predicted molar refractivity (Wildman–Crippen MR) is 84.9 cm³/mol. The molecule has 0 radical (unpaired) electrons. The fourth-order valence-electron chi connectivity index (χ4n) is 1.62. The summed E-state index contributed by atoms with van der Waals surface area (Å²) in [6.07, 6.45) is 0.375. The second-order valence-corrected chi connectivity index (χ2v) is 6.42. The van der Waals surface area contributed by atoms with Crippen molar-refractivity contribution >= 4 is 49.5 Å². The van der Waals surface area contributed by atoms with Crippen molar-refractivity contribution in [2.75, 3.05) is 5.32 Å². The molecule has 0 aromatic heterocycles. The van der Waals surface area contributed by atoms with Crippen LogP contribution in [0.4, 0.5) is 10.5 Å². The SMILES string of the molecule is CC(C)C[C@H](NC(=O)Nc1c(Br)cccc1Br)C(=O)O. The number of amides is 2. The summed E-state index contributed by atoms with van der Waals surface area (Å²) in [6, 6.07) is 3.92. The molecule has 7 heteroatoms. The fraction of sp³-hybridized carbons (Fsp3) is 0.385. The molecule has 0 aliphatic carbocycles. The Morgan fingerprint density at radius 3 is 2.25 bits per heavy atom. The van der Waals surface area contributed by atoms with Gasteiger partial charge in [0.15, 0.2) is 0 Å². The maximum absolute atomic E-state index is 11.9. The van der Waals surface area contributed by atoms with Crippen molar-refractivity contribution in [3.05, 3.63) is 27.1 Å². The van der Waals surface area contributed by atoms with E-state index in [0.29, 0.717) is 21.1 Å². The van der Waals surface area contributed by atoms with Crippen LogP contribution in [-0.2, 0) is 4.79 Å². The third kappa shape index (κ3) is 5.13. The zero-order chi connectivity index (χ0) is 15.3. The van der Waals surface area contributed by atoms with Gasteiger partial charge < -0.3 is 15.7 Å². The molecule has 110 valence electrons. The third-order valence-electron chi connectivity index (χ3n) is 2.51. The molecule has 0 bridgehead atoms. The first-order valence-corrected chi connectivity index (χ1v) is 7.64. The first kappa shape index (κ1) is 17.0. The van der Waals surface area contributed by atoms with E-state index in [-0.39, 0.29) is 5.92 Å². The van der Waals surface area contributed by atoms with E-state index in [2.05, 4.69) is 42.5 Å². The van der Waals surface area contributed by atoms with E-state index < -0.39 is 18.0 Å². The van der Waals surface area contributed by atoms with E-state index in [1.54, 1.807) is 12.1 Å². The monoisotopic (exact) mass is 406 g/mol. The summed E-state index contributed by atoms with van der Waals surface area (Å²) < 4.78 is 1.41. The summed E-state index contributed by atoms with van der Waals surface area (Å²) in [5.74, 6) is -0.869. The highest BCUT2D eigenvalue weighted by atomic mass is 79.9. The highest BCUT2D eigenvalue weighted by Crippen LogP contribution is 2.30. The quantitative estimate of drug-likeness (QED) is 0.693. The number of carbonyl (C=O) groups excluding carboxylic acids is 1. The Hall–Kier alpha value is -1.08. The fourth-order valence-corrected chi connectivity index (χ4v) is 2.81. The maximum atomic E-state index is 11.9. The van der Waals surface area contributed by atoms with Gasteiger partial charge in [-0.1, -0.05) is 19.9 Å². The van der Waals surface area contributed by atoms with Gasteiger partial charge in [0.2, 0.25) is 0 Å². The van der Waals surface area contributed by atoms with Gasteiger partial charge in [-0.05, 0) is 56.3 Å². The van der Waals surface area contributed by atoms with E-state index in [1.165, 1.54) is 0 Å². The average Bonchev–Trinajstić information content (AvgIpc) is 2.32. The molecule has 0 saturated heterocycles. The van der Waals surface area contributed by atoms with Crippen molar-refractivity contribution in [2.45, 2.75) is 26.3 Å². The summed E-state index contributed by atoms with van der Waals surface area (Å²) in [6.45, 7) is 3.81. The first-order valence-electron chi connectivity index (χ1n) is 6.05. The molecule has 0 aliphatic rings. The highest BCUT2D eigenvalue weighted by Gasteiger charge is 2.21. The van der Waals surface area contributed by atoms with Crippen molar-refractivity contribution < 1.29 is 14.7 Å². The molecule has 20 heavy (non-hydrogen) atoms. The molecule has 2 amide bonds. The van der Waals surface area contributed by atoms with Gasteiger partial charge >= 0.3 is 12.0 Å². The first-order chi connectivity index (χ1) is 9.31. The van der Waals surface area contributed by atoms with Gasteiger partial charge in [0.1, 0.15) is 6.04 Å². The molecule has 5 nitrogen and oxygen atoms in total. The van der Waals surface area contributed by atoms with Crippen molar-refractivity contribution in [1.82, 2.24) is 5.32 Å².